The molecular formula is C24H26N4O3. The molecule has 0 atom stereocenters. The number of benzene rings is 2. The van der Waals surface area contributed by atoms with E-state index >= 15 is 0 Å². The lowest BCUT2D eigenvalue weighted by molar-refractivity contribution is -0.118. The van der Waals surface area contributed by atoms with Gasteiger partial charge in [0.1, 0.15) is 5.75 Å². The van der Waals surface area contributed by atoms with Gasteiger partial charge in [0, 0.05) is 24.3 Å². The maximum absolute atomic E-state index is 12.3. The summed E-state index contributed by atoms with van der Waals surface area (Å²) < 4.78 is 11.0. The normalized spacial score (nSPS) is 13.7. The van der Waals surface area contributed by atoms with E-state index in [2.05, 4.69) is 20.4 Å². The number of morpholine rings is 1. The first-order chi connectivity index (χ1) is 15.1. The van der Waals surface area contributed by atoms with E-state index in [-0.39, 0.29) is 12.5 Å². The molecule has 3 aromatic rings. The van der Waals surface area contributed by atoms with Crippen LogP contribution in [-0.4, -0.2) is 49.0 Å². The van der Waals surface area contributed by atoms with Gasteiger partial charge in [0.15, 0.2) is 12.4 Å². The van der Waals surface area contributed by atoms with Gasteiger partial charge in [-0.05, 0) is 55.3 Å². The van der Waals surface area contributed by atoms with Crippen molar-refractivity contribution in [1.82, 2.24) is 10.2 Å². The van der Waals surface area contributed by atoms with Crippen LogP contribution in [0.5, 0.6) is 5.75 Å². The topological polar surface area (TPSA) is 76.6 Å². The van der Waals surface area contributed by atoms with Crippen LogP contribution in [0.15, 0.2) is 54.6 Å². The molecule has 1 amide bonds. The summed E-state index contributed by atoms with van der Waals surface area (Å²) in [5, 5.41) is 11.6. The average molecular weight is 418 g/mol. The molecule has 0 bridgehead atoms. The van der Waals surface area contributed by atoms with Crippen LogP contribution in [0.1, 0.15) is 11.1 Å². The SMILES string of the molecule is Cc1ccc(C)c(OCC(=O)Nc2ccc(-c3ccc(N4CCOCC4)nn3)cc2)c1. The fourth-order valence-corrected chi connectivity index (χ4v) is 3.37. The predicted octanol–water partition coefficient (Wildman–Crippen LogP) is 3.61. The lowest BCUT2D eigenvalue weighted by Crippen LogP contribution is -2.36. The third kappa shape index (κ3) is 5.38. The lowest BCUT2D eigenvalue weighted by atomic mass is 10.1. The third-order valence-electron chi connectivity index (χ3n) is 5.15. The Labute approximate surface area is 182 Å². The first-order valence-corrected chi connectivity index (χ1v) is 10.4. The van der Waals surface area contributed by atoms with E-state index in [4.69, 9.17) is 9.47 Å². The van der Waals surface area contributed by atoms with Crippen LogP contribution in [0.3, 0.4) is 0 Å². The number of carbonyl (C=O) groups is 1. The van der Waals surface area contributed by atoms with Crippen LogP contribution >= 0.6 is 0 Å². The van der Waals surface area contributed by atoms with Crippen molar-refractivity contribution in [1.29, 1.82) is 0 Å². The first-order valence-electron chi connectivity index (χ1n) is 10.4. The van der Waals surface area contributed by atoms with Crippen LogP contribution in [0, 0.1) is 13.8 Å². The largest absolute Gasteiger partial charge is 0.483 e. The van der Waals surface area contributed by atoms with E-state index in [1.165, 1.54) is 0 Å². The molecule has 4 rings (SSSR count). The van der Waals surface area contributed by atoms with Crippen LogP contribution in [0.25, 0.3) is 11.3 Å². The number of hydrogen-bond acceptors (Lipinski definition) is 6. The molecule has 0 radical (unpaired) electrons. The standard InChI is InChI=1S/C24H26N4O3/c1-17-3-4-18(2)22(15-17)31-16-24(29)25-20-7-5-19(6-8-20)21-9-10-23(27-26-21)28-11-13-30-14-12-28/h3-10,15H,11-14,16H2,1-2H3,(H,25,29). The molecule has 1 fully saturated rings. The number of aryl methyl sites for hydroxylation is 2. The van der Waals surface area contributed by atoms with E-state index in [0.29, 0.717) is 18.9 Å². The molecule has 0 saturated carbocycles. The van der Waals surface area contributed by atoms with Gasteiger partial charge in [-0.15, -0.1) is 10.2 Å². The Morgan fingerprint density at radius 1 is 1.03 bits per heavy atom. The molecule has 1 aromatic heterocycles. The molecule has 1 aliphatic rings. The number of aromatic nitrogens is 2. The second-order valence-corrected chi connectivity index (χ2v) is 7.56. The maximum Gasteiger partial charge on any atom is 0.262 e. The zero-order valence-corrected chi connectivity index (χ0v) is 17.8. The number of nitrogens with one attached hydrogen (secondary N) is 1. The summed E-state index contributed by atoms with van der Waals surface area (Å²) >= 11 is 0. The van der Waals surface area contributed by atoms with Crippen LogP contribution in [0.2, 0.25) is 0 Å². The Kier molecular flexibility index (Phi) is 6.43. The van der Waals surface area contributed by atoms with Crippen molar-refractivity contribution < 1.29 is 14.3 Å². The highest BCUT2D eigenvalue weighted by molar-refractivity contribution is 5.92. The summed E-state index contributed by atoms with van der Waals surface area (Å²) in [5.41, 5.74) is 4.52. The molecule has 7 heteroatoms. The molecule has 2 aromatic carbocycles. The van der Waals surface area contributed by atoms with Crippen molar-refractivity contribution in [2.45, 2.75) is 13.8 Å². The van der Waals surface area contributed by atoms with Crippen LogP contribution < -0.4 is 15.0 Å². The Hall–Kier alpha value is -3.45. The van der Waals surface area contributed by atoms with Crippen molar-refractivity contribution in [2.75, 3.05) is 43.1 Å². The lowest BCUT2D eigenvalue weighted by Gasteiger charge is -2.27. The smallest absolute Gasteiger partial charge is 0.262 e. The van der Waals surface area contributed by atoms with E-state index < -0.39 is 0 Å². The fraction of sp³-hybridized carbons (Fsp3) is 0.292. The third-order valence-corrected chi connectivity index (χ3v) is 5.15. The number of hydrogen-bond donors (Lipinski definition) is 1. The molecule has 0 spiro atoms. The van der Waals surface area contributed by atoms with Crippen molar-refractivity contribution in [2.24, 2.45) is 0 Å². The summed E-state index contributed by atoms with van der Waals surface area (Å²) in [4.78, 5) is 14.4. The Balaban J connectivity index is 1.33. The quantitative estimate of drug-likeness (QED) is 0.659. The van der Waals surface area contributed by atoms with Gasteiger partial charge in [0.2, 0.25) is 0 Å². The Morgan fingerprint density at radius 3 is 2.52 bits per heavy atom. The summed E-state index contributed by atoms with van der Waals surface area (Å²) in [6.45, 7) is 7.00. The Bertz CT molecular complexity index is 1030. The number of nitrogens with zero attached hydrogens (tertiary/aromatic N) is 3. The summed E-state index contributed by atoms with van der Waals surface area (Å²) in [6, 6.07) is 17.4. The maximum atomic E-state index is 12.3. The first kappa shape index (κ1) is 20.8. The zero-order valence-electron chi connectivity index (χ0n) is 17.8. The van der Waals surface area contributed by atoms with Gasteiger partial charge in [-0.2, -0.15) is 0 Å². The Morgan fingerprint density at radius 2 is 1.81 bits per heavy atom. The highest BCUT2D eigenvalue weighted by atomic mass is 16.5. The molecule has 0 aliphatic carbocycles. The number of carbonyl (C=O) groups excluding carboxylic acids is 1. The number of amides is 1. The molecular weight excluding hydrogens is 392 g/mol. The molecule has 1 aliphatic heterocycles. The van der Waals surface area contributed by atoms with Crippen molar-refractivity contribution in [3.05, 3.63) is 65.7 Å². The second-order valence-electron chi connectivity index (χ2n) is 7.56. The molecule has 2 heterocycles. The number of anilines is 2. The minimum atomic E-state index is -0.205. The van der Waals surface area contributed by atoms with E-state index in [9.17, 15) is 4.79 Å². The van der Waals surface area contributed by atoms with E-state index in [0.717, 1.165) is 47.0 Å². The number of ether oxygens (including phenoxy) is 2. The summed E-state index contributed by atoms with van der Waals surface area (Å²) in [5.74, 6) is 1.38. The van der Waals surface area contributed by atoms with Crippen LogP contribution in [0.4, 0.5) is 11.5 Å². The monoisotopic (exact) mass is 418 g/mol. The minimum Gasteiger partial charge on any atom is -0.483 e. The molecule has 31 heavy (non-hydrogen) atoms. The minimum absolute atomic E-state index is 0.0411. The predicted molar refractivity (Wildman–Crippen MR) is 121 cm³/mol. The summed E-state index contributed by atoms with van der Waals surface area (Å²) in [7, 11) is 0. The van der Waals surface area contributed by atoms with Gasteiger partial charge in [-0.25, -0.2) is 0 Å². The van der Waals surface area contributed by atoms with E-state index in [1.807, 2.05) is 68.4 Å². The van der Waals surface area contributed by atoms with Crippen LogP contribution in [-0.2, 0) is 9.53 Å². The molecule has 160 valence electrons. The van der Waals surface area contributed by atoms with Crippen molar-refractivity contribution in [3.8, 4) is 17.0 Å². The van der Waals surface area contributed by atoms with Gasteiger partial charge in [-0.1, -0.05) is 24.3 Å². The zero-order chi connectivity index (χ0) is 21.6. The van der Waals surface area contributed by atoms with Gasteiger partial charge in [-0.3, -0.25) is 4.79 Å². The molecule has 0 unspecified atom stereocenters. The van der Waals surface area contributed by atoms with Gasteiger partial charge in [0.05, 0.1) is 18.9 Å². The second kappa shape index (κ2) is 9.57. The van der Waals surface area contributed by atoms with Gasteiger partial charge < -0.3 is 19.7 Å². The fourth-order valence-electron chi connectivity index (χ4n) is 3.37. The highest BCUT2D eigenvalue weighted by Crippen LogP contribution is 2.22. The van der Waals surface area contributed by atoms with Gasteiger partial charge >= 0.3 is 0 Å². The summed E-state index contributed by atoms with van der Waals surface area (Å²) in [6.07, 6.45) is 0. The van der Waals surface area contributed by atoms with E-state index in [1.54, 1.807) is 0 Å². The molecule has 1 N–H and O–H groups in total. The molecule has 7 nitrogen and oxygen atoms in total. The molecule has 1 saturated heterocycles. The number of rotatable bonds is 6. The van der Waals surface area contributed by atoms with Gasteiger partial charge in [0.25, 0.3) is 5.91 Å². The highest BCUT2D eigenvalue weighted by Gasteiger charge is 2.13. The van der Waals surface area contributed by atoms with Crippen molar-refractivity contribution in [3.63, 3.8) is 0 Å². The average Bonchev–Trinajstić information content (AvgIpc) is 2.81. The van der Waals surface area contributed by atoms with Crippen molar-refractivity contribution >= 4 is 17.4 Å².